The highest BCUT2D eigenvalue weighted by Crippen LogP contribution is 2.34. The van der Waals surface area contributed by atoms with Crippen LogP contribution in [0.25, 0.3) is 0 Å². The molecule has 0 spiro atoms. The number of halogens is 2. The summed E-state index contributed by atoms with van der Waals surface area (Å²) < 4.78 is 30.3. The summed E-state index contributed by atoms with van der Waals surface area (Å²) in [4.78, 5) is 0.604. The van der Waals surface area contributed by atoms with Crippen molar-refractivity contribution in [1.82, 2.24) is 0 Å². The second-order valence-corrected chi connectivity index (χ2v) is 5.30. The van der Waals surface area contributed by atoms with Gasteiger partial charge in [-0.25, -0.2) is 0 Å². The molecule has 0 aromatic heterocycles. The second-order valence-electron chi connectivity index (χ2n) is 4.26. The standard InChI is InChI=1S/C13H17F2NOS/c1-2-17-10-7-9(8-10)16-11-5-3-4-6-12(11)18-13(14)15/h3-6,9-10,13,16H,2,7-8H2,1H3. The highest BCUT2D eigenvalue weighted by atomic mass is 32.2. The van der Waals surface area contributed by atoms with Crippen LogP contribution in [0, 0.1) is 0 Å². The number of thioether (sulfide) groups is 1. The van der Waals surface area contributed by atoms with Crippen molar-refractivity contribution >= 4 is 17.4 Å². The molecule has 18 heavy (non-hydrogen) atoms. The SMILES string of the molecule is CCOC1CC(Nc2ccccc2SC(F)F)C1. The second kappa shape index (κ2) is 6.38. The van der Waals surface area contributed by atoms with E-state index >= 15 is 0 Å². The van der Waals surface area contributed by atoms with E-state index in [9.17, 15) is 8.78 Å². The first-order valence-corrected chi connectivity index (χ1v) is 6.99. The molecule has 100 valence electrons. The Bertz CT molecular complexity index is 383. The van der Waals surface area contributed by atoms with Gasteiger partial charge in [0, 0.05) is 23.2 Å². The zero-order valence-corrected chi connectivity index (χ0v) is 11.1. The van der Waals surface area contributed by atoms with Crippen molar-refractivity contribution in [3.63, 3.8) is 0 Å². The third-order valence-corrected chi connectivity index (χ3v) is 3.75. The van der Waals surface area contributed by atoms with Crippen molar-refractivity contribution in [2.24, 2.45) is 0 Å². The van der Waals surface area contributed by atoms with Gasteiger partial charge in [0.1, 0.15) is 0 Å². The van der Waals surface area contributed by atoms with Gasteiger partial charge in [-0.3, -0.25) is 0 Å². The fourth-order valence-electron chi connectivity index (χ4n) is 2.06. The van der Waals surface area contributed by atoms with Crippen molar-refractivity contribution in [2.45, 2.75) is 42.6 Å². The summed E-state index contributed by atoms with van der Waals surface area (Å²) in [6.45, 7) is 2.71. The lowest BCUT2D eigenvalue weighted by atomic mass is 9.89. The Labute approximate surface area is 110 Å². The van der Waals surface area contributed by atoms with Crippen LogP contribution in [-0.2, 0) is 4.74 Å². The third kappa shape index (κ3) is 3.59. The van der Waals surface area contributed by atoms with Gasteiger partial charge in [-0.05, 0) is 31.9 Å². The lowest BCUT2D eigenvalue weighted by Gasteiger charge is -2.36. The van der Waals surface area contributed by atoms with Crippen LogP contribution in [0.2, 0.25) is 0 Å². The first kappa shape index (κ1) is 13.6. The summed E-state index contributed by atoms with van der Waals surface area (Å²) in [5, 5.41) is 3.31. The minimum Gasteiger partial charge on any atom is -0.381 e. The molecule has 1 N–H and O–H groups in total. The number of rotatable bonds is 6. The van der Waals surface area contributed by atoms with Gasteiger partial charge < -0.3 is 10.1 Å². The van der Waals surface area contributed by atoms with E-state index in [0.29, 0.717) is 28.8 Å². The Morgan fingerprint density at radius 1 is 1.39 bits per heavy atom. The molecular formula is C13H17F2NOS. The van der Waals surface area contributed by atoms with E-state index in [1.807, 2.05) is 19.1 Å². The summed E-state index contributed by atoms with van der Waals surface area (Å²) in [6.07, 6.45) is 2.21. The number of para-hydroxylation sites is 1. The largest absolute Gasteiger partial charge is 0.381 e. The monoisotopic (exact) mass is 273 g/mol. The summed E-state index contributed by atoms with van der Waals surface area (Å²) in [5.74, 6) is -2.38. The van der Waals surface area contributed by atoms with Crippen molar-refractivity contribution in [2.75, 3.05) is 11.9 Å². The highest BCUT2D eigenvalue weighted by molar-refractivity contribution is 7.99. The van der Waals surface area contributed by atoms with Crippen molar-refractivity contribution in [3.05, 3.63) is 24.3 Å². The average molecular weight is 273 g/mol. The maximum absolute atomic E-state index is 12.4. The molecule has 1 aromatic rings. The fourth-order valence-corrected chi connectivity index (χ4v) is 2.66. The first-order chi connectivity index (χ1) is 8.69. The van der Waals surface area contributed by atoms with Crippen molar-refractivity contribution in [1.29, 1.82) is 0 Å². The maximum Gasteiger partial charge on any atom is 0.288 e. The molecule has 5 heteroatoms. The van der Waals surface area contributed by atoms with Gasteiger partial charge in [-0.15, -0.1) is 0 Å². The Morgan fingerprint density at radius 3 is 2.78 bits per heavy atom. The van der Waals surface area contributed by atoms with Gasteiger partial charge in [0.15, 0.2) is 0 Å². The summed E-state index contributed by atoms with van der Waals surface area (Å²) in [5.41, 5.74) is 0.794. The van der Waals surface area contributed by atoms with Gasteiger partial charge >= 0.3 is 0 Å². The van der Waals surface area contributed by atoms with E-state index in [0.717, 1.165) is 25.1 Å². The lowest BCUT2D eigenvalue weighted by Crippen LogP contribution is -2.40. The number of hydrogen-bond acceptors (Lipinski definition) is 3. The molecule has 0 unspecified atom stereocenters. The topological polar surface area (TPSA) is 21.3 Å². The third-order valence-electron chi connectivity index (χ3n) is 2.96. The molecule has 2 rings (SSSR count). The smallest absolute Gasteiger partial charge is 0.288 e. The Balaban J connectivity index is 1.90. The van der Waals surface area contributed by atoms with E-state index in [4.69, 9.17) is 4.74 Å². The normalized spacial score (nSPS) is 22.9. The molecule has 0 bridgehead atoms. The average Bonchev–Trinajstić information content (AvgIpc) is 2.28. The van der Waals surface area contributed by atoms with E-state index in [1.54, 1.807) is 12.1 Å². The van der Waals surface area contributed by atoms with E-state index in [1.165, 1.54) is 0 Å². The molecule has 0 saturated heterocycles. The van der Waals surface area contributed by atoms with E-state index < -0.39 is 5.76 Å². The van der Waals surface area contributed by atoms with Crippen LogP contribution >= 0.6 is 11.8 Å². The predicted molar refractivity (Wildman–Crippen MR) is 70.4 cm³/mol. The van der Waals surface area contributed by atoms with E-state index in [-0.39, 0.29) is 0 Å². The van der Waals surface area contributed by atoms with Crippen LogP contribution in [0.4, 0.5) is 14.5 Å². The molecule has 1 saturated carbocycles. The lowest BCUT2D eigenvalue weighted by molar-refractivity contribution is 0.00295. The molecule has 1 aliphatic rings. The number of hydrogen-bond donors (Lipinski definition) is 1. The predicted octanol–water partition coefficient (Wildman–Crippen LogP) is 3.98. The van der Waals surface area contributed by atoms with Gasteiger partial charge in [-0.1, -0.05) is 23.9 Å². The minimum absolute atomic E-state index is 0.322. The molecular weight excluding hydrogens is 256 g/mol. The molecule has 0 aliphatic heterocycles. The number of ether oxygens (including phenoxy) is 1. The van der Waals surface area contributed by atoms with Gasteiger partial charge in [0.2, 0.25) is 0 Å². The summed E-state index contributed by atoms with van der Waals surface area (Å²) >= 11 is 0.586. The van der Waals surface area contributed by atoms with Gasteiger partial charge in [-0.2, -0.15) is 8.78 Å². The molecule has 0 atom stereocenters. The summed E-state index contributed by atoms with van der Waals surface area (Å²) in [6, 6.07) is 7.54. The summed E-state index contributed by atoms with van der Waals surface area (Å²) in [7, 11) is 0. The van der Waals surface area contributed by atoms with Crippen LogP contribution < -0.4 is 5.32 Å². The van der Waals surface area contributed by atoms with Gasteiger partial charge in [0.25, 0.3) is 5.76 Å². The highest BCUT2D eigenvalue weighted by Gasteiger charge is 2.29. The van der Waals surface area contributed by atoms with Crippen LogP contribution in [0.5, 0.6) is 0 Å². The maximum atomic E-state index is 12.4. The molecule has 1 fully saturated rings. The Kier molecular flexibility index (Phi) is 4.83. The molecule has 1 aliphatic carbocycles. The quantitative estimate of drug-likeness (QED) is 0.792. The number of anilines is 1. The van der Waals surface area contributed by atoms with E-state index in [2.05, 4.69) is 5.32 Å². The van der Waals surface area contributed by atoms with Crippen LogP contribution in [0.15, 0.2) is 29.2 Å². The number of nitrogens with one attached hydrogen (secondary N) is 1. The number of benzene rings is 1. The van der Waals surface area contributed by atoms with Gasteiger partial charge in [0.05, 0.1) is 6.10 Å². The van der Waals surface area contributed by atoms with Crippen molar-refractivity contribution in [3.8, 4) is 0 Å². The Morgan fingerprint density at radius 2 is 2.11 bits per heavy atom. The zero-order valence-electron chi connectivity index (χ0n) is 10.2. The number of alkyl halides is 2. The Hall–Kier alpha value is -0.810. The zero-order chi connectivity index (χ0) is 13.0. The molecule has 0 amide bonds. The molecule has 0 heterocycles. The molecule has 1 aromatic carbocycles. The van der Waals surface area contributed by atoms with Crippen LogP contribution in [0.1, 0.15) is 19.8 Å². The van der Waals surface area contributed by atoms with Crippen LogP contribution in [-0.4, -0.2) is 24.5 Å². The minimum atomic E-state index is -2.38. The molecule has 0 radical (unpaired) electrons. The first-order valence-electron chi connectivity index (χ1n) is 6.11. The van der Waals surface area contributed by atoms with Crippen molar-refractivity contribution < 1.29 is 13.5 Å². The van der Waals surface area contributed by atoms with Crippen LogP contribution in [0.3, 0.4) is 0 Å². The fraction of sp³-hybridized carbons (Fsp3) is 0.538. The molecule has 2 nitrogen and oxygen atoms in total.